The lowest BCUT2D eigenvalue weighted by Crippen LogP contribution is -2.19. The van der Waals surface area contributed by atoms with Crippen molar-refractivity contribution in [1.29, 1.82) is 0 Å². The van der Waals surface area contributed by atoms with Crippen LogP contribution < -0.4 is 14.8 Å². The Balaban J connectivity index is 1.85. The minimum atomic E-state index is -0.152. The quantitative estimate of drug-likeness (QED) is 0.567. The second-order valence-corrected chi connectivity index (χ2v) is 7.78. The molecule has 3 aromatic rings. The van der Waals surface area contributed by atoms with Crippen molar-refractivity contribution in [2.24, 2.45) is 5.92 Å². The van der Waals surface area contributed by atoms with Gasteiger partial charge in [0.1, 0.15) is 18.0 Å². The largest absolute Gasteiger partial charge is 0.497 e. The molecule has 3 rings (SSSR count). The van der Waals surface area contributed by atoms with E-state index in [9.17, 15) is 4.79 Å². The maximum atomic E-state index is 12.8. The second-order valence-electron chi connectivity index (χ2n) is 6.79. The van der Waals surface area contributed by atoms with E-state index in [1.807, 2.05) is 28.8 Å². The number of benzene rings is 2. The summed E-state index contributed by atoms with van der Waals surface area (Å²) in [5.74, 6) is 2.56. The average Bonchev–Trinajstić information content (AvgIpc) is 3.03. The topological polar surface area (TPSA) is 65.4 Å². The van der Waals surface area contributed by atoms with Gasteiger partial charge < -0.3 is 19.4 Å². The van der Waals surface area contributed by atoms with Crippen molar-refractivity contribution < 1.29 is 14.3 Å². The van der Waals surface area contributed by atoms with E-state index in [4.69, 9.17) is 14.5 Å². The number of para-hydroxylation sites is 2. The fraction of sp³-hybridized carbons (Fsp3) is 0.333. The molecule has 0 atom stereocenters. The first-order chi connectivity index (χ1) is 13.5. The summed E-state index contributed by atoms with van der Waals surface area (Å²) in [6.07, 6.45) is 0. The second kappa shape index (κ2) is 9.01. The normalized spacial score (nSPS) is 11.0. The molecule has 0 aliphatic rings. The zero-order chi connectivity index (χ0) is 20.1. The van der Waals surface area contributed by atoms with Crippen LogP contribution in [0.25, 0.3) is 11.0 Å². The van der Waals surface area contributed by atoms with Crippen LogP contribution in [0.2, 0.25) is 0 Å². The van der Waals surface area contributed by atoms with Crippen LogP contribution >= 0.6 is 11.8 Å². The van der Waals surface area contributed by atoms with Crippen molar-refractivity contribution in [2.75, 3.05) is 25.3 Å². The number of hydrogen-bond donors (Lipinski definition) is 1. The Morgan fingerprint density at radius 1 is 1.18 bits per heavy atom. The van der Waals surface area contributed by atoms with Gasteiger partial charge in [-0.1, -0.05) is 37.7 Å². The molecule has 0 radical (unpaired) electrons. The minimum Gasteiger partial charge on any atom is -0.497 e. The minimum absolute atomic E-state index is 0.152. The molecule has 1 N–H and O–H groups in total. The summed E-state index contributed by atoms with van der Waals surface area (Å²) >= 11 is 1.67. The lowest BCUT2D eigenvalue weighted by Gasteiger charge is -2.13. The Morgan fingerprint density at radius 3 is 2.68 bits per heavy atom. The Labute approximate surface area is 169 Å². The van der Waals surface area contributed by atoms with Gasteiger partial charge in [0.05, 0.1) is 30.9 Å². The summed E-state index contributed by atoms with van der Waals surface area (Å²) in [7, 11) is 3.16. The number of nitrogens with zero attached hydrogens (tertiary/aromatic N) is 2. The molecule has 0 bridgehead atoms. The van der Waals surface area contributed by atoms with Crippen LogP contribution in [-0.4, -0.2) is 35.4 Å². The molecule has 28 heavy (non-hydrogen) atoms. The molecular formula is C21H25N3O3S. The number of rotatable bonds is 8. The summed E-state index contributed by atoms with van der Waals surface area (Å²) in [5.41, 5.74) is 2.41. The van der Waals surface area contributed by atoms with Crippen LogP contribution in [0, 0.1) is 5.92 Å². The van der Waals surface area contributed by atoms with Crippen molar-refractivity contribution in [2.45, 2.75) is 25.5 Å². The van der Waals surface area contributed by atoms with E-state index in [-0.39, 0.29) is 12.5 Å². The maximum Gasteiger partial charge on any atom is 0.244 e. The van der Waals surface area contributed by atoms with Crippen LogP contribution in [0.1, 0.15) is 13.8 Å². The Kier molecular flexibility index (Phi) is 6.46. The van der Waals surface area contributed by atoms with Crippen LogP contribution in [0.15, 0.2) is 47.6 Å². The predicted octanol–water partition coefficient (Wildman–Crippen LogP) is 4.44. The lowest BCUT2D eigenvalue weighted by molar-refractivity contribution is -0.116. The highest BCUT2D eigenvalue weighted by atomic mass is 32.2. The summed E-state index contributed by atoms with van der Waals surface area (Å²) in [5, 5.41) is 3.78. The highest BCUT2D eigenvalue weighted by molar-refractivity contribution is 7.99. The van der Waals surface area contributed by atoms with Crippen molar-refractivity contribution >= 4 is 34.4 Å². The smallest absolute Gasteiger partial charge is 0.244 e. The Morgan fingerprint density at radius 2 is 1.96 bits per heavy atom. The van der Waals surface area contributed by atoms with Crippen molar-refractivity contribution in [3.63, 3.8) is 0 Å². The van der Waals surface area contributed by atoms with Gasteiger partial charge in [-0.15, -0.1) is 0 Å². The maximum absolute atomic E-state index is 12.8. The monoisotopic (exact) mass is 399 g/mol. The molecule has 148 valence electrons. The number of imidazole rings is 1. The summed E-state index contributed by atoms with van der Waals surface area (Å²) < 4.78 is 12.6. The van der Waals surface area contributed by atoms with Gasteiger partial charge >= 0.3 is 0 Å². The van der Waals surface area contributed by atoms with E-state index in [0.29, 0.717) is 23.1 Å². The summed E-state index contributed by atoms with van der Waals surface area (Å²) in [6.45, 7) is 4.50. The fourth-order valence-corrected chi connectivity index (χ4v) is 3.77. The van der Waals surface area contributed by atoms with Crippen LogP contribution in [0.4, 0.5) is 5.69 Å². The van der Waals surface area contributed by atoms with E-state index in [1.165, 1.54) is 0 Å². The molecule has 0 saturated heterocycles. The summed E-state index contributed by atoms with van der Waals surface area (Å²) in [6, 6.07) is 13.2. The van der Waals surface area contributed by atoms with E-state index < -0.39 is 0 Å². The molecule has 0 aliphatic carbocycles. The Bertz CT molecular complexity index is 969. The highest BCUT2D eigenvalue weighted by Crippen LogP contribution is 2.30. The van der Waals surface area contributed by atoms with Gasteiger partial charge in [0, 0.05) is 11.8 Å². The van der Waals surface area contributed by atoms with Crippen molar-refractivity contribution in [1.82, 2.24) is 9.55 Å². The van der Waals surface area contributed by atoms with Crippen molar-refractivity contribution in [3.05, 3.63) is 42.5 Å². The predicted molar refractivity (Wildman–Crippen MR) is 113 cm³/mol. The molecule has 0 fully saturated rings. The highest BCUT2D eigenvalue weighted by Gasteiger charge is 2.16. The molecular weight excluding hydrogens is 374 g/mol. The third-order valence-electron chi connectivity index (χ3n) is 4.15. The number of aromatic nitrogens is 2. The first-order valence-corrected chi connectivity index (χ1v) is 10.1. The number of hydrogen-bond acceptors (Lipinski definition) is 5. The number of anilines is 1. The molecule has 1 heterocycles. The van der Waals surface area contributed by atoms with Gasteiger partial charge in [-0.2, -0.15) is 0 Å². The zero-order valence-corrected chi connectivity index (χ0v) is 17.4. The third kappa shape index (κ3) is 4.59. The molecule has 6 nitrogen and oxygen atoms in total. The number of methoxy groups -OCH3 is 2. The van der Waals surface area contributed by atoms with Crippen LogP contribution in [0.3, 0.4) is 0 Å². The number of ether oxygens (including phenoxy) is 2. The average molecular weight is 400 g/mol. The molecule has 0 saturated carbocycles. The van der Waals surface area contributed by atoms with Crippen LogP contribution in [0.5, 0.6) is 11.5 Å². The first-order valence-electron chi connectivity index (χ1n) is 9.11. The Hall–Kier alpha value is -2.67. The number of amides is 1. The molecule has 0 aliphatic heterocycles. The van der Waals surface area contributed by atoms with Gasteiger partial charge in [-0.05, 0) is 30.2 Å². The van der Waals surface area contributed by atoms with Gasteiger partial charge in [0.25, 0.3) is 0 Å². The lowest BCUT2D eigenvalue weighted by atomic mass is 10.2. The molecule has 1 amide bonds. The third-order valence-corrected chi connectivity index (χ3v) is 5.55. The van der Waals surface area contributed by atoms with E-state index >= 15 is 0 Å². The van der Waals surface area contributed by atoms with Crippen molar-refractivity contribution in [3.8, 4) is 11.5 Å². The molecule has 0 spiro atoms. The summed E-state index contributed by atoms with van der Waals surface area (Å²) in [4.78, 5) is 17.5. The molecule has 1 aromatic heterocycles. The first kappa shape index (κ1) is 20.1. The number of carbonyl (C=O) groups is 1. The van der Waals surface area contributed by atoms with Gasteiger partial charge in [-0.25, -0.2) is 4.98 Å². The zero-order valence-electron chi connectivity index (χ0n) is 16.6. The van der Waals surface area contributed by atoms with E-state index in [1.54, 1.807) is 44.2 Å². The molecule has 2 aromatic carbocycles. The van der Waals surface area contributed by atoms with Crippen LogP contribution in [-0.2, 0) is 11.3 Å². The standard InChI is InChI=1S/C21H25N3O3S/c1-14(2)13-28-21-23-16-7-5-6-8-18(16)24(21)12-20(25)22-17-11-15(26-3)9-10-19(17)27-4/h5-11,14H,12-13H2,1-4H3,(H,22,25). The van der Waals surface area contributed by atoms with Gasteiger partial charge in [-0.3, -0.25) is 4.79 Å². The van der Waals surface area contributed by atoms with E-state index in [0.717, 1.165) is 21.9 Å². The van der Waals surface area contributed by atoms with Gasteiger partial charge in [0.15, 0.2) is 5.16 Å². The van der Waals surface area contributed by atoms with E-state index in [2.05, 4.69) is 19.2 Å². The number of fused-ring (bicyclic) bond motifs is 1. The number of carbonyl (C=O) groups excluding carboxylic acids is 1. The molecule has 0 unspecified atom stereocenters. The number of thioether (sulfide) groups is 1. The molecule has 7 heteroatoms. The van der Waals surface area contributed by atoms with Gasteiger partial charge in [0.2, 0.25) is 5.91 Å². The number of nitrogens with one attached hydrogen (secondary N) is 1. The SMILES string of the molecule is COc1ccc(OC)c(NC(=O)Cn2c(SCC(C)C)nc3ccccc32)c1. The fourth-order valence-electron chi connectivity index (χ4n) is 2.80.